The molecule has 5 N–H and O–H groups in total. The number of methoxy groups -OCH3 is 1. The van der Waals surface area contributed by atoms with Crippen molar-refractivity contribution in [2.75, 3.05) is 19.0 Å². The Morgan fingerprint density at radius 1 is 1.00 bits per heavy atom. The van der Waals surface area contributed by atoms with Gasteiger partial charge >= 0.3 is 12.2 Å². The number of ketones is 1. The van der Waals surface area contributed by atoms with E-state index in [1.165, 1.54) is 17.6 Å². The molecule has 0 aliphatic heterocycles. The van der Waals surface area contributed by atoms with Gasteiger partial charge in [-0.05, 0) is 25.1 Å². The summed E-state index contributed by atoms with van der Waals surface area (Å²) in [6.45, 7) is 0.191. The molecule has 0 bridgehead atoms. The number of fused-ring (bicyclic) bond motifs is 1. The summed E-state index contributed by atoms with van der Waals surface area (Å²) >= 11 is 0. The van der Waals surface area contributed by atoms with Crippen LogP contribution in [0.5, 0.6) is 0 Å². The van der Waals surface area contributed by atoms with E-state index < -0.39 is 50.4 Å². The highest BCUT2D eigenvalue weighted by atomic mass is 16.7. The standard InChI is InChI=1S/C24H27N3O11/c1-13(28)18(38-21(32)20(30)31)11-36-24(34)37-12-27-17-9-8-15(19(29)14-6-4-3-5-7-14)10-16(17)25-22(27)26-23(33)35-2/h3-10,13,18,20-21,28,30-32H,11-12H2,1-2H3,(H,25,26,33). The lowest BCUT2D eigenvalue weighted by atomic mass is 10.0. The third kappa shape index (κ3) is 7.24. The lowest BCUT2D eigenvalue weighted by Crippen LogP contribution is -2.40. The number of amides is 1. The number of nitrogens with one attached hydrogen (secondary N) is 1. The Hall–Kier alpha value is -4.08. The number of aliphatic hydroxyl groups is 4. The third-order valence-electron chi connectivity index (χ3n) is 5.23. The highest BCUT2D eigenvalue weighted by Gasteiger charge is 2.25. The maximum Gasteiger partial charge on any atom is 0.510 e. The number of carbonyl (C=O) groups excluding carboxylic acids is 3. The van der Waals surface area contributed by atoms with Crippen LogP contribution in [-0.2, 0) is 25.7 Å². The summed E-state index contributed by atoms with van der Waals surface area (Å²) in [7, 11) is 1.15. The molecule has 204 valence electrons. The van der Waals surface area contributed by atoms with E-state index in [1.54, 1.807) is 42.5 Å². The van der Waals surface area contributed by atoms with E-state index in [-0.39, 0.29) is 11.7 Å². The van der Waals surface area contributed by atoms with Crippen molar-refractivity contribution in [3.8, 4) is 0 Å². The van der Waals surface area contributed by atoms with E-state index >= 15 is 0 Å². The predicted octanol–water partition coefficient (Wildman–Crippen LogP) is 0.951. The fourth-order valence-electron chi connectivity index (χ4n) is 3.25. The van der Waals surface area contributed by atoms with Crippen molar-refractivity contribution in [3.05, 3.63) is 59.7 Å². The molecular formula is C24H27N3O11. The van der Waals surface area contributed by atoms with Gasteiger partial charge in [0.05, 0.1) is 24.2 Å². The Kier molecular flexibility index (Phi) is 9.70. The second-order valence-electron chi connectivity index (χ2n) is 7.93. The van der Waals surface area contributed by atoms with Gasteiger partial charge in [0.25, 0.3) is 0 Å². The van der Waals surface area contributed by atoms with Crippen molar-refractivity contribution in [2.45, 2.75) is 38.4 Å². The zero-order valence-electron chi connectivity index (χ0n) is 20.4. The summed E-state index contributed by atoms with van der Waals surface area (Å²) in [5.74, 6) is -0.285. The molecule has 0 aliphatic carbocycles. The van der Waals surface area contributed by atoms with E-state index in [0.29, 0.717) is 22.2 Å². The van der Waals surface area contributed by atoms with Crippen molar-refractivity contribution in [1.82, 2.24) is 9.55 Å². The molecular weight excluding hydrogens is 506 g/mol. The average molecular weight is 533 g/mol. The van der Waals surface area contributed by atoms with E-state index in [0.717, 1.165) is 7.11 Å². The van der Waals surface area contributed by atoms with E-state index in [1.807, 2.05) is 0 Å². The highest BCUT2D eigenvalue weighted by molar-refractivity contribution is 6.10. The second kappa shape index (κ2) is 12.9. The molecule has 3 aromatic rings. The molecule has 0 radical (unpaired) electrons. The van der Waals surface area contributed by atoms with E-state index in [4.69, 9.17) is 24.4 Å². The van der Waals surface area contributed by atoms with Gasteiger partial charge in [0.2, 0.25) is 18.5 Å². The van der Waals surface area contributed by atoms with Gasteiger partial charge in [0.15, 0.2) is 12.5 Å². The van der Waals surface area contributed by atoms with E-state index in [2.05, 4.69) is 15.0 Å². The Morgan fingerprint density at radius 2 is 1.71 bits per heavy atom. The van der Waals surface area contributed by atoms with Crippen LogP contribution in [0, 0.1) is 0 Å². The number of carbonyl (C=O) groups is 3. The van der Waals surface area contributed by atoms with Gasteiger partial charge in [0.1, 0.15) is 12.7 Å². The molecule has 0 spiro atoms. The van der Waals surface area contributed by atoms with Crippen molar-refractivity contribution in [2.24, 2.45) is 0 Å². The first kappa shape index (κ1) is 28.5. The minimum Gasteiger partial charge on any atom is -0.453 e. The molecule has 2 aromatic carbocycles. The van der Waals surface area contributed by atoms with Gasteiger partial charge in [-0.15, -0.1) is 0 Å². The van der Waals surface area contributed by atoms with Crippen LogP contribution in [-0.4, -0.2) is 86.5 Å². The SMILES string of the molecule is COC(=O)Nc1nc2cc(C(=O)c3ccccc3)ccc2n1COC(=O)OCC(OC(O)C(O)O)C(C)O. The number of imidazole rings is 1. The summed E-state index contributed by atoms with van der Waals surface area (Å²) in [5.41, 5.74) is 1.54. The normalized spacial score (nSPS) is 13.6. The molecule has 1 heterocycles. The number of rotatable bonds is 11. The van der Waals surface area contributed by atoms with Gasteiger partial charge in [-0.2, -0.15) is 0 Å². The Morgan fingerprint density at radius 3 is 2.34 bits per heavy atom. The summed E-state index contributed by atoms with van der Waals surface area (Å²) in [6.07, 6.45) is -8.88. The molecule has 1 aromatic heterocycles. The minimum atomic E-state index is -2.23. The minimum absolute atomic E-state index is 0.0470. The first-order valence-corrected chi connectivity index (χ1v) is 11.2. The molecule has 14 nitrogen and oxygen atoms in total. The Bertz CT molecular complexity index is 1260. The third-order valence-corrected chi connectivity index (χ3v) is 5.23. The van der Waals surface area contributed by atoms with Gasteiger partial charge in [-0.1, -0.05) is 30.3 Å². The highest BCUT2D eigenvalue weighted by Crippen LogP contribution is 2.23. The lowest BCUT2D eigenvalue weighted by Gasteiger charge is -2.24. The quantitative estimate of drug-likeness (QED) is 0.133. The molecule has 0 saturated carbocycles. The molecule has 3 rings (SSSR count). The zero-order valence-corrected chi connectivity index (χ0v) is 20.4. The number of hydrogen-bond acceptors (Lipinski definition) is 12. The van der Waals surface area contributed by atoms with Crippen LogP contribution in [0.3, 0.4) is 0 Å². The predicted molar refractivity (Wildman–Crippen MR) is 129 cm³/mol. The first-order chi connectivity index (χ1) is 18.1. The Balaban J connectivity index is 1.76. The number of aromatic nitrogens is 2. The van der Waals surface area contributed by atoms with Crippen LogP contribution in [0.1, 0.15) is 22.8 Å². The molecule has 3 atom stereocenters. The molecule has 0 aliphatic rings. The average Bonchev–Trinajstić information content (AvgIpc) is 3.25. The molecule has 3 unspecified atom stereocenters. The maximum absolute atomic E-state index is 12.8. The number of nitrogens with zero attached hydrogens (tertiary/aromatic N) is 2. The zero-order chi connectivity index (χ0) is 27.8. The van der Waals surface area contributed by atoms with Crippen LogP contribution < -0.4 is 5.32 Å². The van der Waals surface area contributed by atoms with Crippen molar-refractivity contribution in [3.63, 3.8) is 0 Å². The van der Waals surface area contributed by atoms with Crippen molar-refractivity contribution < 1.29 is 53.8 Å². The largest absolute Gasteiger partial charge is 0.510 e. The molecule has 0 saturated heterocycles. The summed E-state index contributed by atoms with van der Waals surface area (Å²) in [5, 5.41) is 39.3. The summed E-state index contributed by atoms with van der Waals surface area (Å²) in [6, 6.07) is 13.3. The van der Waals surface area contributed by atoms with Crippen LogP contribution >= 0.6 is 0 Å². The lowest BCUT2D eigenvalue weighted by molar-refractivity contribution is -0.262. The maximum atomic E-state index is 12.8. The van der Waals surface area contributed by atoms with Crippen LogP contribution in [0.4, 0.5) is 15.5 Å². The molecule has 1 amide bonds. The van der Waals surface area contributed by atoms with Crippen LogP contribution in [0.2, 0.25) is 0 Å². The number of aliphatic hydroxyl groups excluding tert-OH is 3. The van der Waals surface area contributed by atoms with Crippen molar-refractivity contribution >= 4 is 35.0 Å². The van der Waals surface area contributed by atoms with Gasteiger partial charge < -0.3 is 39.4 Å². The smallest absolute Gasteiger partial charge is 0.453 e. The molecule has 38 heavy (non-hydrogen) atoms. The van der Waals surface area contributed by atoms with Gasteiger partial charge in [-0.25, -0.2) is 14.6 Å². The molecule has 14 heteroatoms. The van der Waals surface area contributed by atoms with Gasteiger partial charge in [-0.3, -0.25) is 14.7 Å². The number of anilines is 1. The number of benzene rings is 2. The van der Waals surface area contributed by atoms with Gasteiger partial charge in [0, 0.05) is 11.1 Å². The Labute approximate surface area is 215 Å². The molecule has 0 fully saturated rings. The monoisotopic (exact) mass is 533 g/mol. The first-order valence-electron chi connectivity index (χ1n) is 11.2. The number of hydrogen-bond donors (Lipinski definition) is 5. The summed E-state index contributed by atoms with van der Waals surface area (Å²) < 4.78 is 20.7. The van der Waals surface area contributed by atoms with Crippen molar-refractivity contribution in [1.29, 1.82) is 0 Å². The fourth-order valence-corrected chi connectivity index (χ4v) is 3.25. The fraction of sp³-hybridized carbons (Fsp3) is 0.333. The van der Waals surface area contributed by atoms with E-state index in [9.17, 15) is 24.6 Å². The number of ether oxygens (including phenoxy) is 4. The summed E-state index contributed by atoms with van der Waals surface area (Å²) in [4.78, 5) is 41.1. The topological polar surface area (TPSA) is 199 Å². The second-order valence-corrected chi connectivity index (χ2v) is 7.93. The van der Waals surface area contributed by atoms with Crippen LogP contribution in [0.15, 0.2) is 48.5 Å². The van der Waals surface area contributed by atoms with Crippen LogP contribution in [0.25, 0.3) is 11.0 Å².